The van der Waals surface area contributed by atoms with Gasteiger partial charge in [-0.3, -0.25) is 9.59 Å². The molecule has 0 aliphatic heterocycles. The number of aliphatic carboxylic acids is 1. The zero-order chi connectivity index (χ0) is 28.3. The number of fused-ring (bicyclic) bond motifs is 7. The van der Waals surface area contributed by atoms with Crippen molar-refractivity contribution >= 4 is 11.9 Å². The summed E-state index contributed by atoms with van der Waals surface area (Å²) in [6, 6.07) is 0. The number of ether oxygens (including phenoxy) is 1. The van der Waals surface area contributed by atoms with Crippen LogP contribution in [0.3, 0.4) is 0 Å². The van der Waals surface area contributed by atoms with E-state index in [2.05, 4.69) is 47.6 Å². The zero-order valence-corrected chi connectivity index (χ0v) is 24.8. The van der Waals surface area contributed by atoms with Crippen LogP contribution in [0.15, 0.2) is 11.6 Å². The van der Waals surface area contributed by atoms with Crippen molar-refractivity contribution in [3.05, 3.63) is 11.6 Å². The van der Waals surface area contributed by atoms with Gasteiger partial charge >= 0.3 is 11.9 Å². The molecule has 0 aromatic heterocycles. The van der Waals surface area contributed by atoms with E-state index in [0.29, 0.717) is 31.1 Å². The molecule has 5 aliphatic rings. The fourth-order valence-corrected chi connectivity index (χ4v) is 11.4. The Morgan fingerprint density at radius 1 is 0.974 bits per heavy atom. The topological polar surface area (TPSA) is 104 Å². The molecule has 0 heterocycles. The number of rotatable bonds is 2. The summed E-state index contributed by atoms with van der Waals surface area (Å²) in [7, 11) is 0. The summed E-state index contributed by atoms with van der Waals surface area (Å²) >= 11 is 0. The van der Waals surface area contributed by atoms with E-state index >= 15 is 0 Å². The molecule has 0 unspecified atom stereocenters. The van der Waals surface area contributed by atoms with Crippen molar-refractivity contribution in [3.63, 3.8) is 0 Å². The summed E-state index contributed by atoms with van der Waals surface area (Å²) in [5.41, 5.74) is -1.64. The van der Waals surface area contributed by atoms with Gasteiger partial charge in [-0.2, -0.15) is 0 Å². The van der Waals surface area contributed by atoms with Gasteiger partial charge in [0.1, 0.15) is 6.10 Å². The number of carbonyl (C=O) groups excluding carboxylic acids is 1. The average Bonchev–Trinajstić information content (AvgIpc) is 2.79. The first-order valence-electron chi connectivity index (χ1n) is 14.9. The van der Waals surface area contributed by atoms with Crippen molar-refractivity contribution in [1.82, 2.24) is 0 Å². The third-order valence-electron chi connectivity index (χ3n) is 13.7. The fraction of sp³-hybridized carbons (Fsp3) is 0.875. The van der Waals surface area contributed by atoms with Crippen LogP contribution in [-0.2, 0) is 14.3 Å². The minimum atomic E-state index is -1.07. The molecule has 6 heteroatoms. The molecule has 6 nitrogen and oxygen atoms in total. The molecule has 5 rings (SSSR count). The summed E-state index contributed by atoms with van der Waals surface area (Å²) in [5, 5.41) is 33.9. The standard InChI is InChI=1S/C32H50O6/c1-18-11-14-32(26(35)36)16-15-29(6)20(24(32)31(18,8)37)9-10-23-28(5)17-21(34)25(38-19(2)33)27(3,4)22(28)12-13-30(23,29)7/h9,18,21-25,34,37H,10-17H2,1-8H3,(H,35,36)/t18-,21-,22-,23+,24-,25+,28+,29-,30-,31-,32+/m1/s1. The Morgan fingerprint density at radius 2 is 1.63 bits per heavy atom. The van der Waals surface area contributed by atoms with Gasteiger partial charge < -0.3 is 20.1 Å². The SMILES string of the molecule is CC(=O)O[C@H]1[C@H](O)C[C@@]2(C)[C@H](CC[C@]3(C)[C@H]2CC=C2[C@H]4[C@](C(=O)O)(CC[C@@H](C)[C@@]4(C)O)CC[C@]23C)C1(C)C. The summed E-state index contributed by atoms with van der Waals surface area (Å²) in [6.45, 7) is 16.8. The molecule has 0 aromatic carbocycles. The Bertz CT molecular complexity index is 1060. The lowest BCUT2D eigenvalue weighted by atomic mass is 9.33. The lowest BCUT2D eigenvalue weighted by Crippen LogP contribution is -2.69. The van der Waals surface area contributed by atoms with Crippen LogP contribution in [0.5, 0.6) is 0 Å². The molecule has 0 aromatic rings. The van der Waals surface area contributed by atoms with Crippen molar-refractivity contribution in [2.45, 2.75) is 125 Å². The molecule has 0 bridgehead atoms. The maximum absolute atomic E-state index is 12.9. The van der Waals surface area contributed by atoms with Crippen LogP contribution in [-0.4, -0.2) is 45.1 Å². The van der Waals surface area contributed by atoms with Gasteiger partial charge in [0, 0.05) is 18.3 Å². The number of esters is 1. The predicted molar refractivity (Wildman–Crippen MR) is 145 cm³/mol. The van der Waals surface area contributed by atoms with Crippen LogP contribution in [0.4, 0.5) is 0 Å². The first-order chi connectivity index (χ1) is 17.4. The minimum Gasteiger partial charge on any atom is -0.481 e. The largest absolute Gasteiger partial charge is 0.481 e. The molecule has 0 radical (unpaired) electrons. The predicted octanol–water partition coefficient (Wildman–Crippen LogP) is 5.75. The van der Waals surface area contributed by atoms with Gasteiger partial charge in [-0.1, -0.05) is 53.2 Å². The van der Waals surface area contributed by atoms with Gasteiger partial charge in [0.15, 0.2) is 0 Å². The van der Waals surface area contributed by atoms with Crippen LogP contribution < -0.4 is 0 Å². The van der Waals surface area contributed by atoms with Crippen LogP contribution in [0.1, 0.15) is 107 Å². The van der Waals surface area contributed by atoms with Gasteiger partial charge in [0.25, 0.3) is 0 Å². The molecule has 5 aliphatic carbocycles. The number of hydrogen-bond acceptors (Lipinski definition) is 5. The summed E-state index contributed by atoms with van der Waals surface area (Å²) in [4.78, 5) is 24.8. The highest BCUT2D eigenvalue weighted by Crippen LogP contribution is 2.76. The number of carbonyl (C=O) groups is 2. The molecule has 4 fully saturated rings. The second kappa shape index (κ2) is 8.31. The lowest BCUT2D eigenvalue weighted by Gasteiger charge is -2.72. The maximum atomic E-state index is 12.9. The molecular weight excluding hydrogens is 480 g/mol. The van der Waals surface area contributed by atoms with Crippen LogP contribution in [0, 0.1) is 50.7 Å². The highest BCUT2D eigenvalue weighted by molar-refractivity contribution is 5.77. The second-order valence-corrected chi connectivity index (χ2v) is 15.5. The number of carboxylic acid groups (broad SMARTS) is 1. The summed E-state index contributed by atoms with van der Waals surface area (Å²) in [5.74, 6) is -0.859. The van der Waals surface area contributed by atoms with E-state index in [1.807, 2.05) is 6.92 Å². The Hall–Kier alpha value is -1.40. The summed E-state index contributed by atoms with van der Waals surface area (Å²) < 4.78 is 5.72. The van der Waals surface area contributed by atoms with Crippen molar-refractivity contribution in [2.75, 3.05) is 0 Å². The molecule has 38 heavy (non-hydrogen) atoms. The normalized spacial score (nSPS) is 53.4. The van der Waals surface area contributed by atoms with Crippen molar-refractivity contribution in [2.24, 2.45) is 50.7 Å². The van der Waals surface area contributed by atoms with Gasteiger partial charge in [-0.25, -0.2) is 0 Å². The van der Waals surface area contributed by atoms with Gasteiger partial charge in [-0.05, 0) is 92.3 Å². The Morgan fingerprint density at radius 3 is 2.24 bits per heavy atom. The van der Waals surface area contributed by atoms with E-state index in [9.17, 15) is 24.9 Å². The molecule has 0 saturated heterocycles. The fourth-order valence-electron chi connectivity index (χ4n) is 11.4. The molecule has 11 atom stereocenters. The second-order valence-electron chi connectivity index (χ2n) is 15.5. The van der Waals surface area contributed by atoms with Crippen LogP contribution >= 0.6 is 0 Å². The highest BCUT2D eigenvalue weighted by Gasteiger charge is 2.72. The van der Waals surface area contributed by atoms with E-state index in [-0.39, 0.29) is 39.5 Å². The first-order valence-corrected chi connectivity index (χ1v) is 14.9. The molecule has 0 spiro atoms. The average molecular weight is 531 g/mol. The molecular formula is C32H50O6. The maximum Gasteiger partial charge on any atom is 0.310 e. The Balaban J connectivity index is 1.61. The Labute approximate surface area is 228 Å². The number of carboxylic acids is 1. The first kappa shape index (κ1) is 28.1. The number of hydrogen-bond donors (Lipinski definition) is 3. The monoisotopic (exact) mass is 530 g/mol. The van der Waals surface area contributed by atoms with E-state index in [4.69, 9.17) is 4.74 Å². The third-order valence-corrected chi connectivity index (χ3v) is 13.7. The minimum absolute atomic E-state index is 0.0366. The van der Waals surface area contributed by atoms with Gasteiger partial charge in [0.05, 0.1) is 17.1 Å². The lowest BCUT2D eigenvalue weighted by molar-refractivity contribution is -0.242. The third kappa shape index (κ3) is 3.31. The van der Waals surface area contributed by atoms with E-state index in [1.54, 1.807) is 0 Å². The smallest absolute Gasteiger partial charge is 0.310 e. The quantitative estimate of drug-likeness (QED) is 0.310. The number of allylic oxidation sites excluding steroid dienone is 1. The zero-order valence-electron chi connectivity index (χ0n) is 24.8. The van der Waals surface area contributed by atoms with Crippen molar-refractivity contribution in [3.8, 4) is 0 Å². The van der Waals surface area contributed by atoms with Crippen LogP contribution in [0.25, 0.3) is 0 Å². The van der Waals surface area contributed by atoms with Gasteiger partial charge in [-0.15, -0.1) is 0 Å². The molecule has 3 N–H and O–H groups in total. The van der Waals surface area contributed by atoms with E-state index in [0.717, 1.165) is 32.1 Å². The Kier molecular flexibility index (Phi) is 6.16. The molecule has 214 valence electrons. The molecule has 0 amide bonds. The van der Waals surface area contributed by atoms with Crippen LogP contribution in [0.2, 0.25) is 0 Å². The van der Waals surface area contributed by atoms with E-state index < -0.39 is 29.2 Å². The van der Waals surface area contributed by atoms with Gasteiger partial charge in [0.2, 0.25) is 0 Å². The van der Waals surface area contributed by atoms with Crippen molar-refractivity contribution in [1.29, 1.82) is 0 Å². The number of aliphatic hydroxyl groups is 2. The van der Waals surface area contributed by atoms with Crippen molar-refractivity contribution < 1.29 is 29.6 Å². The molecule has 4 saturated carbocycles. The number of aliphatic hydroxyl groups excluding tert-OH is 1. The van der Waals surface area contributed by atoms with E-state index in [1.165, 1.54) is 12.5 Å². The highest BCUT2D eigenvalue weighted by atomic mass is 16.6. The summed E-state index contributed by atoms with van der Waals surface area (Å²) in [6.07, 6.45) is 7.24.